The first kappa shape index (κ1) is 21.2. The molecule has 0 aromatic heterocycles. The van der Waals surface area contributed by atoms with Crippen LogP contribution < -0.4 is 14.2 Å². The van der Waals surface area contributed by atoms with Crippen LogP contribution in [0.15, 0.2) is 46.9 Å². The number of unbranched alkanes of at least 4 members (excludes halogenated alkanes) is 1. The molecule has 0 bridgehead atoms. The molecule has 2 aromatic carbocycles. The van der Waals surface area contributed by atoms with Gasteiger partial charge in [0.25, 0.3) is 5.91 Å². The van der Waals surface area contributed by atoms with E-state index in [4.69, 9.17) is 14.2 Å². The average Bonchev–Trinajstić information content (AvgIpc) is 2.71. The van der Waals surface area contributed by atoms with E-state index in [9.17, 15) is 9.59 Å². The Morgan fingerprint density at radius 3 is 2.72 bits per heavy atom. The quantitative estimate of drug-likeness (QED) is 0.437. The second-order valence-corrected chi connectivity index (χ2v) is 7.93. The van der Waals surface area contributed by atoms with Crippen LogP contribution in [0.25, 0.3) is 0 Å². The maximum absolute atomic E-state index is 12.7. The van der Waals surface area contributed by atoms with Crippen molar-refractivity contribution in [2.75, 3.05) is 13.7 Å². The summed E-state index contributed by atoms with van der Waals surface area (Å²) in [5, 5.41) is 0. The fraction of sp³-hybridized carbons (Fsp3) is 0.364. The number of halogens is 1. The zero-order valence-electron chi connectivity index (χ0n) is 16.7. The summed E-state index contributed by atoms with van der Waals surface area (Å²) in [4.78, 5) is 26.3. The van der Waals surface area contributed by atoms with Crippen LogP contribution in [0.3, 0.4) is 0 Å². The van der Waals surface area contributed by atoms with E-state index in [0.717, 1.165) is 12.8 Å². The van der Waals surface area contributed by atoms with Gasteiger partial charge in [-0.2, -0.15) is 0 Å². The van der Waals surface area contributed by atoms with Gasteiger partial charge >= 0.3 is 5.97 Å². The number of ether oxygens (including phenoxy) is 3. The minimum atomic E-state index is -1.02. The van der Waals surface area contributed by atoms with E-state index in [0.29, 0.717) is 33.7 Å². The number of carbonyl (C=O) groups excluding carboxylic acids is 2. The molecule has 7 heteroatoms. The van der Waals surface area contributed by atoms with Crippen molar-refractivity contribution < 1.29 is 23.8 Å². The molecule has 0 fully saturated rings. The van der Waals surface area contributed by atoms with E-state index in [-0.39, 0.29) is 18.5 Å². The number of hydrogen-bond donors (Lipinski definition) is 0. The van der Waals surface area contributed by atoms with Crippen LogP contribution in [0.5, 0.6) is 17.2 Å². The van der Waals surface area contributed by atoms with Crippen LogP contribution >= 0.6 is 15.9 Å². The third-order valence-corrected chi connectivity index (χ3v) is 5.46. The lowest BCUT2D eigenvalue weighted by Gasteiger charge is -2.42. The first-order valence-corrected chi connectivity index (χ1v) is 10.3. The third-order valence-electron chi connectivity index (χ3n) is 4.84. The molecule has 1 atom stereocenters. The summed E-state index contributed by atoms with van der Waals surface area (Å²) >= 11 is 3.41. The molecular formula is C22H24BrNO5. The zero-order chi connectivity index (χ0) is 21.0. The summed E-state index contributed by atoms with van der Waals surface area (Å²) in [6.07, 6.45) is 2.01. The van der Waals surface area contributed by atoms with Gasteiger partial charge in [0.05, 0.1) is 10.0 Å². The van der Waals surface area contributed by atoms with Crippen LogP contribution in [0.2, 0.25) is 0 Å². The second kappa shape index (κ2) is 8.86. The van der Waals surface area contributed by atoms with E-state index in [1.807, 2.05) is 13.0 Å². The fourth-order valence-corrected chi connectivity index (χ4v) is 3.39. The van der Waals surface area contributed by atoms with Crippen molar-refractivity contribution in [2.24, 2.45) is 0 Å². The first-order chi connectivity index (χ1) is 13.9. The van der Waals surface area contributed by atoms with E-state index in [1.165, 1.54) is 4.90 Å². The molecule has 0 N–H and O–H groups in total. The largest absolute Gasteiger partial charge is 0.483 e. The highest BCUT2D eigenvalue weighted by atomic mass is 79.9. The number of likely N-dealkylation sites (N-methyl/N-ethyl adjacent to an activating group) is 1. The van der Waals surface area contributed by atoms with Gasteiger partial charge in [0.1, 0.15) is 12.4 Å². The molecule has 2 aromatic rings. The molecule has 1 heterocycles. The van der Waals surface area contributed by atoms with Gasteiger partial charge in [-0.25, -0.2) is 0 Å². The van der Waals surface area contributed by atoms with Crippen LogP contribution in [0, 0.1) is 0 Å². The minimum Gasteiger partial charge on any atom is -0.483 e. The number of carbonyl (C=O) groups is 2. The fourth-order valence-electron chi connectivity index (χ4n) is 2.96. The Labute approximate surface area is 178 Å². The van der Waals surface area contributed by atoms with Crippen LogP contribution in [0.4, 0.5) is 0 Å². The van der Waals surface area contributed by atoms with E-state index in [1.54, 1.807) is 50.4 Å². The van der Waals surface area contributed by atoms with Crippen molar-refractivity contribution in [3.8, 4) is 17.2 Å². The Morgan fingerprint density at radius 2 is 1.97 bits per heavy atom. The molecule has 1 amide bonds. The maximum Gasteiger partial charge on any atom is 0.311 e. The average molecular weight is 462 g/mol. The molecule has 6 nitrogen and oxygen atoms in total. The lowest BCUT2D eigenvalue weighted by Crippen LogP contribution is -2.58. The topological polar surface area (TPSA) is 65.1 Å². The number of esters is 1. The van der Waals surface area contributed by atoms with Crippen molar-refractivity contribution >= 4 is 27.8 Å². The van der Waals surface area contributed by atoms with Crippen LogP contribution in [-0.4, -0.2) is 36.2 Å². The molecule has 0 aliphatic carbocycles. The molecule has 3 rings (SSSR count). The molecule has 1 aliphatic heterocycles. The summed E-state index contributed by atoms with van der Waals surface area (Å²) in [5.41, 5.74) is -0.502. The Bertz CT molecular complexity index is 916. The smallest absolute Gasteiger partial charge is 0.311 e. The highest BCUT2D eigenvalue weighted by Gasteiger charge is 2.42. The predicted octanol–water partition coefficient (Wildman–Crippen LogP) is 4.80. The SMILES string of the molecule is CCCCC(=O)Oc1c(Br)cccc1OCC1(C)Oc2ccccc2C(=O)N1C. The minimum absolute atomic E-state index is 0.0551. The number of fused-ring (bicyclic) bond motifs is 1. The molecule has 0 spiro atoms. The number of nitrogens with zero attached hydrogens (tertiary/aromatic N) is 1. The summed E-state index contributed by atoms with van der Waals surface area (Å²) < 4.78 is 18.2. The Balaban J connectivity index is 1.78. The lowest BCUT2D eigenvalue weighted by atomic mass is 10.1. The van der Waals surface area contributed by atoms with E-state index in [2.05, 4.69) is 15.9 Å². The Hall–Kier alpha value is -2.54. The second-order valence-electron chi connectivity index (χ2n) is 7.07. The molecular weight excluding hydrogens is 438 g/mol. The van der Waals surface area contributed by atoms with Gasteiger partial charge in [0, 0.05) is 13.5 Å². The van der Waals surface area contributed by atoms with Crippen molar-refractivity contribution in [3.63, 3.8) is 0 Å². The van der Waals surface area contributed by atoms with Crippen molar-refractivity contribution in [1.29, 1.82) is 0 Å². The summed E-state index contributed by atoms with van der Waals surface area (Å²) in [6.45, 7) is 3.85. The number of rotatable bonds is 7. The van der Waals surface area contributed by atoms with Gasteiger partial charge in [-0.1, -0.05) is 31.5 Å². The normalized spacial score (nSPS) is 18.1. The van der Waals surface area contributed by atoms with Gasteiger partial charge in [0.2, 0.25) is 5.72 Å². The van der Waals surface area contributed by atoms with Crippen LogP contribution in [0.1, 0.15) is 43.5 Å². The zero-order valence-corrected chi connectivity index (χ0v) is 18.3. The van der Waals surface area contributed by atoms with E-state index < -0.39 is 5.72 Å². The number of hydrogen-bond acceptors (Lipinski definition) is 5. The lowest BCUT2D eigenvalue weighted by molar-refractivity contribution is -0.134. The van der Waals surface area contributed by atoms with Gasteiger partial charge in [0.15, 0.2) is 11.5 Å². The Kier molecular flexibility index (Phi) is 6.47. The predicted molar refractivity (Wildman–Crippen MR) is 112 cm³/mol. The first-order valence-electron chi connectivity index (χ1n) is 9.54. The molecule has 154 valence electrons. The van der Waals surface area contributed by atoms with E-state index >= 15 is 0 Å². The van der Waals surface area contributed by atoms with Crippen molar-refractivity contribution in [1.82, 2.24) is 4.90 Å². The van der Waals surface area contributed by atoms with Gasteiger partial charge in [-0.15, -0.1) is 0 Å². The maximum atomic E-state index is 12.7. The van der Waals surface area contributed by atoms with Crippen LogP contribution in [-0.2, 0) is 4.79 Å². The molecule has 29 heavy (non-hydrogen) atoms. The molecule has 0 saturated heterocycles. The van der Waals surface area contributed by atoms with Gasteiger partial charge in [-0.05, 0) is 53.5 Å². The Morgan fingerprint density at radius 1 is 1.21 bits per heavy atom. The highest BCUT2D eigenvalue weighted by molar-refractivity contribution is 9.10. The van der Waals surface area contributed by atoms with Gasteiger partial charge < -0.3 is 19.1 Å². The number of benzene rings is 2. The monoisotopic (exact) mass is 461 g/mol. The number of amides is 1. The standard InChI is InChI=1S/C22H24BrNO5/c1-4-5-13-19(25)28-20-16(23)10-8-12-18(20)27-14-22(2)24(3)21(26)15-9-6-7-11-17(15)29-22/h6-12H,4-5,13-14H2,1-3H3. The highest BCUT2D eigenvalue weighted by Crippen LogP contribution is 2.38. The summed E-state index contributed by atoms with van der Waals surface area (Å²) in [5.74, 6) is 0.779. The van der Waals surface area contributed by atoms with Crippen molar-refractivity contribution in [3.05, 3.63) is 52.5 Å². The molecule has 1 aliphatic rings. The summed E-state index contributed by atoms with van der Waals surface area (Å²) in [6, 6.07) is 12.4. The molecule has 0 radical (unpaired) electrons. The molecule has 0 saturated carbocycles. The van der Waals surface area contributed by atoms with Gasteiger partial charge in [-0.3, -0.25) is 9.59 Å². The van der Waals surface area contributed by atoms with Crippen molar-refractivity contribution in [2.45, 2.75) is 38.8 Å². The number of para-hydroxylation sites is 2. The third kappa shape index (κ3) is 4.56. The molecule has 1 unspecified atom stereocenters. The summed E-state index contributed by atoms with van der Waals surface area (Å²) in [7, 11) is 1.67.